The molecule has 0 radical (unpaired) electrons. The number of hydrogen-bond donors (Lipinski definition) is 2. The minimum atomic E-state index is -1.25. The first-order valence-corrected chi connectivity index (χ1v) is 11.6. The summed E-state index contributed by atoms with van der Waals surface area (Å²) < 4.78 is 13.3. The number of carboxylic acid groups (broad SMARTS) is 1. The summed E-state index contributed by atoms with van der Waals surface area (Å²) >= 11 is 4.36. The summed E-state index contributed by atoms with van der Waals surface area (Å²) in [5, 5.41) is 12.0. The van der Waals surface area contributed by atoms with Gasteiger partial charge in [-0.25, -0.2) is 4.79 Å². The van der Waals surface area contributed by atoms with Crippen LogP contribution in [0, 0.1) is 7.14 Å². The summed E-state index contributed by atoms with van der Waals surface area (Å²) in [6, 6.07) is 19.8. The first kappa shape index (κ1) is 24.1. The third-order valence-electron chi connectivity index (χ3n) is 4.35. The zero-order valence-electron chi connectivity index (χ0n) is 17.0. The number of methoxy groups -OCH3 is 1. The highest BCUT2D eigenvalue weighted by Crippen LogP contribution is 2.35. The van der Waals surface area contributed by atoms with Crippen molar-refractivity contribution in [3.8, 4) is 11.5 Å². The molecule has 8 heteroatoms. The van der Waals surface area contributed by atoms with E-state index >= 15 is 0 Å². The van der Waals surface area contributed by atoms with E-state index in [1.807, 2.05) is 24.3 Å². The first-order valence-electron chi connectivity index (χ1n) is 9.43. The number of aliphatic carboxylic acids is 1. The van der Waals surface area contributed by atoms with Gasteiger partial charge in [0.2, 0.25) is 0 Å². The molecule has 32 heavy (non-hydrogen) atoms. The van der Waals surface area contributed by atoms with E-state index < -0.39 is 11.9 Å². The summed E-state index contributed by atoms with van der Waals surface area (Å²) in [5.41, 5.74) is 1.70. The van der Waals surface area contributed by atoms with Crippen LogP contribution in [0.2, 0.25) is 0 Å². The average Bonchev–Trinajstić information content (AvgIpc) is 2.78. The van der Waals surface area contributed by atoms with Crippen molar-refractivity contribution < 1.29 is 24.2 Å². The van der Waals surface area contributed by atoms with Crippen LogP contribution >= 0.6 is 45.2 Å². The number of carbonyl (C=O) groups is 2. The highest BCUT2D eigenvalue weighted by Gasteiger charge is 2.16. The fraction of sp³-hybridized carbons (Fsp3) is 0.0833. The van der Waals surface area contributed by atoms with Gasteiger partial charge in [-0.05, 0) is 98.8 Å². The Hall–Kier alpha value is -2.60. The molecule has 0 saturated heterocycles. The second kappa shape index (κ2) is 11.3. The van der Waals surface area contributed by atoms with E-state index in [-0.39, 0.29) is 5.70 Å². The third kappa shape index (κ3) is 6.45. The molecule has 0 aliphatic heterocycles. The third-order valence-corrected chi connectivity index (χ3v) is 5.82. The molecular weight excluding hydrogens is 636 g/mol. The van der Waals surface area contributed by atoms with Gasteiger partial charge in [0.05, 0.1) is 10.7 Å². The van der Waals surface area contributed by atoms with Crippen molar-refractivity contribution in [2.24, 2.45) is 0 Å². The molecule has 0 aliphatic carbocycles. The number of carboxylic acids is 1. The predicted molar refractivity (Wildman–Crippen MR) is 139 cm³/mol. The second-order valence-corrected chi connectivity index (χ2v) is 9.04. The van der Waals surface area contributed by atoms with Crippen molar-refractivity contribution in [2.45, 2.75) is 6.61 Å². The quantitative estimate of drug-likeness (QED) is 0.253. The number of carbonyl (C=O) groups excluding carboxylic acids is 1. The Labute approximate surface area is 212 Å². The highest BCUT2D eigenvalue weighted by molar-refractivity contribution is 14.1. The fourth-order valence-corrected chi connectivity index (χ4v) is 4.24. The number of rotatable bonds is 8. The average molecular weight is 655 g/mol. The maximum absolute atomic E-state index is 12.4. The van der Waals surface area contributed by atoms with E-state index in [4.69, 9.17) is 9.47 Å². The largest absolute Gasteiger partial charge is 0.493 e. The van der Waals surface area contributed by atoms with Gasteiger partial charge < -0.3 is 19.9 Å². The topological polar surface area (TPSA) is 84.9 Å². The Morgan fingerprint density at radius 2 is 1.78 bits per heavy atom. The van der Waals surface area contributed by atoms with E-state index in [1.165, 1.54) is 13.2 Å². The summed E-state index contributed by atoms with van der Waals surface area (Å²) in [4.78, 5) is 24.1. The monoisotopic (exact) mass is 655 g/mol. The predicted octanol–water partition coefficient (Wildman–Crippen LogP) is 5.34. The molecule has 0 unspecified atom stereocenters. The number of ether oxygens (including phenoxy) is 2. The van der Waals surface area contributed by atoms with Crippen LogP contribution in [0.15, 0.2) is 72.4 Å². The van der Waals surface area contributed by atoms with Crippen molar-refractivity contribution in [3.63, 3.8) is 0 Å². The molecule has 6 nitrogen and oxygen atoms in total. The number of nitrogens with one attached hydrogen (secondary N) is 1. The summed E-state index contributed by atoms with van der Waals surface area (Å²) in [7, 11) is 1.52. The van der Waals surface area contributed by atoms with Gasteiger partial charge in [0.15, 0.2) is 11.5 Å². The first-order chi connectivity index (χ1) is 15.4. The molecule has 0 aliphatic rings. The van der Waals surface area contributed by atoms with Crippen molar-refractivity contribution in [2.75, 3.05) is 7.11 Å². The molecule has 164 valence electrons. The molecule has 0 fully saturated rings. The molecule has 0 heterocycles. The molecule has 2 N–H and O–H groups in total. The molecular formula is C24H19I2NO5. The van der Waals surface area contributed by atoms with Crippen molar-refractivity contribution in [1.82, 2.24) is 5.32 Å². The normalized spacial score (nSPS) is 11.0. The minimum absolute atomic E-state index is 0.246. The van der Waals surface area contributed by atoms with Gasteiger partial charge in [-0.15, -0.1) is 0 Å². The van der Waals surface area contributed by atoms with Crippen molar-refractivity contribution in [1.29, 1.82) is 0 Å². The molecule has 0 saturated carbocycles. The molecule has 0 aromatic heterocycles. The van der Waals surface area contributed by atoms with Crippen LogP contribution in [0.3, 0.4) is 0 Å². The maximum atomic E-state index is 12.4. The fourth-order valence-electron chi connectivity index (χ4n) is 2.85. The van der Waals surface area contributed by atoms with E-state index in [1.54, 1.807) is 42.5 Å². The smallest absolute Gasteiger partial charge is 0.352 e. The lowest BCUT2D eigenvalue weighted by molar-refractivity contribution is -0.132. The van der Waals surface area contributed by atoms with Crippen molar-refractivity contribution >= 4 is 63.1 Å². The van der Waals surface area contributed by atoms with Crippen LogP contribution < -0.4 is 14.8 Å². The molecule has 0 atom stereocenters. The number of halogens is 2. The lowest BCUT2D eigenvalue weighted by Crippen LogP contribution is -2.27. The van der Waals surface area contributed by atoms with Crippen LogP contribution in [-0.4, -0.2) is 24.1 Å². The van der Waals surface area contributed by atoms with E-state index in [0.717, 1.165) is 12.7 Å². The Balaban J connectivity index is 1.84. The lowest BCUT2D eigenvalue weighted by Gasteiger charge is -2.14. The summed E-state index contributed by atoms with van der Waals surface area (Å²) in [6.45, 7) is 0.367. The van der Waals surface area contributed by atoms with Crippen LogP contribution in [0.5, 0.6) is 11.5 Å². The molecule has 1 amide bonds. The Morgan fingerprint density at radius 3 is 2.44 bits per heavy atom. The molecule has 3 aromatic rings. The SMILES string of the molecule is COc1cc(/C=C(/NC(=O)c2ccccc2)C(=O)O)cc(I)c1OCc1cccc(I)c1. The molecule has 0 bridgehead atoms. The highest BCUT2D eigenvalue weighted by atomic mass is 127. The number of benzene rings is 3. The van der Waals surface area contributed by atoms with Crippen LogP contribution in [-0.2, 0) is 11.4 Å². The number of hydrogen-bond acceptors (Lipinski definition) is 4. The van der Waals surface area contributed by atoms with Gasteiger partial charge in [0.25, 0.3) is 5.91 Å². The summed E-state index contributed by atoms with van der Waals surface area (Å²) in [5.74, 6) is -0.720. The van der Waals surface area contributed by atoms with E-state index in [0.29, 0.717) is 29.2 Å². The van der Waals surface area contributed by atoms with Gasteiger partial charge in [-0.2, -0.15) is 0 Å². The van der Waals surface area contributed by atoms with Crippen LogP contribution in [0.25, 0.3) is 6.08 Å². The lowest BCUT2D eigenvalue weighted by atomic mass is 10.1. The van der Waals surface area contributed by atoms with Crippen molar-refractivity contribution in [3.05, 3.63) is 96.3 Å². The maximum Gasteiger partial charge on any atom is 0.352 e. The Bertz CT molecular complexity index is 1160. The molecule has 3 aromatic carbocycles. The van der Waals surface area contributed by atoms with Crippen LogP contribution in [0.1, 0.15) is 21.5 Å². The van der Waals surface area contributed by atoms with Crippen LogP contribution in [0.4, 0.5) is 0 Å². The Kier molecular flexibility index (Phi) is 8.51. The Morgan fingerprint density at radius 1 is 1.03 bits per heavy atom. The van der Waals surface area contributed by atoms with Gasteiger partial charge in [0, 0.05) is 9.13 Å². The van der Waals surface area contributed by atoms with E-state index in [9.17, 15) is 14.7 Å². The van der Waals surface area contributed by atoms with E-state index in [2.05, 4.69) is 50.5 Å². The zero-order valence-corrected chi connectivity index (χ0v) is 21.3. The summed E-state index contributed by atoms with van der Waals surface area (Å²) in [6.07, 6.45) is 1.39. The molecule has 0 spiro atoms. The standard InChI is InChI=1S/C24H19I2NO5/c1-31-21-13-16(11-19(26)22(21)32-14-15-6-5-9-18(25)10-15)12-20(24(29)30)27-23(28)17-7-3-2-4-8-17/h2-13H,14H2,1H3,(H,27,28)(H,29,30)/b20-12+. The van der Waals surface area contributed by atoms with Gasteiger partial charge in [-0.3, -0.25) is 4.79 Å². The zero-order chi connectivity index (χ0) is 23.1. The van der Waals surface area contributed by atoms with Gasteiger partial charge >= 0.3 is 5.97 Å². The van der Waals surface area contributed by atoms with Gasteiger partial charge in [-0.1, -0.05) is 30.3 Å². The molecule has 3 rings (SSSR count). The van der Waals surface area contributed by atoms with Gasteiger partial charge in [0.1, 0.15) is 12.3 Å². The second-order valence-electron chi connectivity index (χ2n) is 6.64. The number of amides is 1. The minimum Gasteiger partial charge on any atom is -0.493 e.